The van der Waals surface area contributed by atoms with Gasteiger partial charge in [-0.3, -0.25) is 25.2 Å². The van der Waals surface area contributed by atoms with E-state index < -0.39 is 11.8 Å². The molecule has 0 aliphatic heterocycles. The molecular weight excluding hydrogens is 316 g/mol. The lowest BCUT2D eigenvalue weighted by atomic mass is 9.86. The SMILES string of the molecule is O=C(COC(=O)CCC1CCCCC1)NNC(=O)c1cccs1. The molecule has 2 rings (SSSR count). The Morgan fingerprint density at radius 3 is 2.65 bits per heavy atom. The minimum Gasteiger partial charge on any atom is -0.455 e. The van der Waals surface area contributed by atoms with Gasteiger partial charge in [0.15, 0.2) is 6.61 Å². The van der Waals surface area contributed by atoms with Gasteiger partial charge in [0.25, 0.3) is 11.8 Å². The minimum atomic E-state index is -0.555. The Morgan fingerprint density at radius 2 is 1.96 bits per heavy atom. The van der Waals surface area contributed by atoms with Gasteiger partial charge in [-0.1, -0.05) is 38.2 Å². The zero-order valence-corrected chi connectivity index (χ0v) is 13.8. The first kappa shape index (κ1) is 17.5. The minimum absolute atomic E-state index is 0.347. The summed E-state index contributed by atoms with van der Waals surface area (Å²) in [5.74, 6) is -0.705. The molecule has 0 spiro atoms. The largest absolute Gasteiger partial charge is 0.455 e. The van der Waals surface area contributed by atoms with Crippen LogP contribution in [-0.4, -0.2) is 24.4 Å². The molecule has 1 aromatic rings. The first-order valence-electron chi connectivity index (χ1n) is 7.93. The van der Waals surface area contributed by atoms with Crippen LogP contribution < -0.4 is 10.9 Å². The number of amides is 2. The summed E-state index contributed by atoms with van der Waals surface area (Å²) in [6.45, 7) is -0.381. The van der Waals surface area contributed by atoms with Crippen molar-refractivity contribution in [3.63, 3.8) is 0 Å². The summed E-state index contributed by atoms with van der Waals surface area (Å²) < 4.78 is 4.92. The normalized spacial score (nSPS) is 15.0. The van der Waals surface area contributed by atoms with Crippen LogP contribution in [0.15, 0.2) is 17.5 Å². The van der Waals surface area contributed by atoms with Gasteiger partial charge in [0.2, 0.25) is 0 Å². The number of nitrogens with one attached hydrogen (secondary N) is 2. The average Bonchev–Trinajstić information content (AvgIpc) is 3.11. The Kier molecular flexibility index (Phi) is 7.06. The van der Waals surface area contributed by atoms with Crippen molar-refractivity contribution in [2.75, 3.05) is 6.61 Å². The lowest BCUT2D eigenvalue weighted by molar-refractivity contribution is -0.149. The van der Waals surface area contributed by atoms with Gasteiger partial charge >= 0.3 is 5.97 Å². The maximum atomic E-state index is 11.6. The molecule has 0 aromatic carbocycles. The lowest BCUT2D eigenvalue weighted by Gasteiger charge is -2.20. The molecule has 7 heteroatoms. The highest BCUT2D eigenvalue weighted by molar-refractivity contribution is 7.12. The molecule has 2 N–H and O–H groups in total. The molecule has 0 bridgehead atoms. The lowest BCUT2D eigenvalue weighted by Crippen LogP contribution is -2.43. The second-order valence-electron chi connectivity index (χ2n) is 5.68. The van der Waals surface area contributed by atoms with Gasteiger partial charge < -0.3 is 4.74 Å². The van der Waals surface area contributed by atoms with Crippen molar-refractivity contribution < 1.29 is 19.1 Å². The molecule has 0 saturated heterocycles. The van der Waals surface area contributed by atoms with E-state index in [0.29, 0.717) is 17.2 Å². The van der Waals surface area contributed by atoms with Gasteiger partial charge in [0.1, 0.15) is 0 Å². The van der Waals surface area contributed by atoms with Crippen LogP contribution >= 0.6 is 11.3 Å². The van der Waals surface area contributed by atoms with Crippen LogP contribution in [0.5, 0.6) is 0 Å². The zero-order valence-electron chi connectivity index (χ0n) is 13.0. The Morgan fingerprint density at radius 1 is 1.17 bits per heavy atom. The third kappa shape index (κ3) is 6.40. The number of rotatable bonds is 6. The number of hydrogen-bond donors (Lipinski definition) is 2. The van der Waals surface area contributed by atoms with Crippen LogP contribution in [0.2, 0.25) is 0 Å². The first-order chi connectivity index (χ1) is 11.1. The molecule has 1 heterocycles. The van der Waals surface area contributed by atoms with E-state index in [1.54, 1.807) is 17.5 Å². The molecule has 1 aliphatic carbocycles. The van der Waals surface area contributed by atoms with Crippen molar-refractivity contribution in [1.82, 2.24) is 10.9 Å². The smallest absolute Gasteiger partial charge is 0.306 e. The Balaban J connectivity index is 1.56. The third-order valence-electron chi connectivity index (χ3n) is 3.91. The number of hydrogen-bond acceptors (Lipinski definition) is 5. The maximum Gasteiger partial charge on any atom is 0.306 e. The van der Waals surface area contributed by atoms with E-state index in [0.717, 1.165) is 6.42 Å². The van der Waals surface area contributed by atoms with E-state index >= 15 is 0 Å². The van der Waals surface area contributed by atoms with Crippen molar-refractivity contribution in [3.05, 3.63) is 22.4 Å². The van der Waals surface area contributed by atoms with E-state index in [9.17, 15) is 14.4 Å². The van der Waals surface area contributed by atoms with Crippen molar-refractivity contribution in [1.29, 1.82) is 0 Å². The summed E-state index contributed by atoms with van der Waals surface area (Å²) in [4.78, 5) is 35.3. The molecule has 2 amide bonds. The Hall–Kier alpha value is -1.89. The van der Waals surface area contributed by atoms with Gasteiger partial charge in [0, 0.05) is 6.42 Å². The first-order valence-corrected chi connectivity index (χ1v) is 8.81. The highest BCUT2D eigenvalue weighted by Crippen LogP contribution is 2.27. The second kappa shape index (κ2) is 9.29. The molecule has 1 aliphatic rings. The fraction of sp³-hybridized carbons (Fsp3) is 0.562. The highest BCUT2D eigenvalue weighted by atomic mass is 32.1. The molecule has 1 saturated carbocycles. The fourth-order valence-corrected chi connectivity index (χ4v) is 3.27. The topological polar surface area (TPSA) is 84.5 Å². The number of thiophene rings is 1. The van der Waals surface area contributed by atoms with Crippen LogP contribution in [0, 0.1) is 5.92 Å². The molecular formula is C16H22N2O4S. The van der Waals surface area contributed by atoms with Crippen LogP contribution in [0.25, 0.3) is 0 Å². The zero-order chi connectivity index (χ0) is 16.5. The monoisotopic (exact) mass is 338 g/mol. The maximum absolute atomic E-state index is 11.6. The summed E-state index contributed by atoms with van der Waals surface area (Å²) in [6.07, 6.45) is 7.32. The molecule has 1 aromatic heterocycles. The Bertz CT molecular complexity index is 524. The van der Waals surface area contributed by atoms with E-state index in [1.807, 2.05) is 0 Å². The molecule has 0 unspecified atom stereocenters. The summed E-state index contributed by atoms with van der Waals surface area (Å²) >= 11 is 1.27. The van der Waals surface area contributed by atoms with Crippen LogP contribution in [0.3, 0.4) is 0 Å². The van der Waals surface area contributed by atoms with Crippen molar-refractivity contribution >= 4 is 29.1 Å². The van der Waals surface area contributed by atoms with E-state index in [4.69, 9.17) is 4.74 Å². The molecule has 0 radical (unpaired) electrons. The molecule has 126 valence electrons. The number of carbonyl (C=O) groups excluding carboxylic acids is 3. The van der Waals surface area contributed by atoms with Crippen molar-refractivity contribution in [2.24, 2.45) is 5.92 Å². The van der Waals surface area contributed by atoms with Crippen molar-refractivity contribution in [2.45, 2.75) is 44.9 Å². The summed E-state index contributed by atoms with van der Waals surface area (Å²) in [6, 6.07) is 3.40. The highest BCUT2D eigenvalue weighted by Gasteiger charge is 2.16. The molecule has 1 fully saturated rings. The number of esters is 1. The van der Waals surface area contributed by atoms with Gasteiger partial charge in [-0.2, -0.15) is 0 Å². The Labute approximate surface area is 139 Å². The van der Waals surface area contributed by atoms with E-state index in [-0.39, 0.29) is 12.6 Å². The molecule has 23 heavy (non-hydrogen) atoms. The third-order valence-corrected chi connectivity index (χ3v) is 4.77. The standard InChI is InChI=1S/C16H22N2O4S/c19-14(17-18-16(21)13-7-4-10-23-13)11-22-15(20)9-8-12-5-2-1-3-6-12/h4,7,10,12H,1-3,5-6,8-9,11H2,(H,17,19)(H,18,21). The predicted molar refractivity (Wildman–Crippen MR) is 86.7 cm³/mol. The van der Waals surface area contributed by atoms with Gasteiger partial charge in [0.05, 0.1) is 4.88 Å². The number of carbonyl (C=O) groups is 3. The van der Waals surface area contributed by atoms with Crippen LogP contribution in [0.4, 0.5) is 0 Å². The second-order valence-corrected chi connectivity index (χ2v) is 6.63. The summed E-state index contributed by atoms with van der Waals surface area (Å²) in [5.41, 5.74) is 4.50. The fourth-order valence-electron chi connectivity index (χ4n) is 2.65. The summed E-state index contributed by atoms with van der Waals surface area (Å²) in [5, 5.41) is 1.77. The predicted octanol–water partition coefficient (Wildman–Crippen LogP) is 2.41. The van der Waals surface area contributed by atoms with Gasteiger partial charge in [-0.15, -0.1) is 11.3 Å². The van der Waals surface area contributed by atoms with E-state index in [1.165, 1.54) is 43.4 Å². The van der Waals surface area contributed by atoms with Crippen LogP contribution in [0.1, 0.15) is 54.6 Å². The number of hydrazine groups is 1. The van der Waals surface area contributed by atoms with Crippen molar-refractivity contribution in [3.8, 4) is 0 Å². The average molecular weight is 338 g/mol. The van der Waals surface area contributed by atoms with Crippen LogP contribution in [-0.2, 0) is 14.3 Å². The molecule has 6 nitrogen and oxygen atoms in total. The van der Waals surface area contributed by atoms with E-state index in [2.05, 4.69) is 10.9 Å². The summed E-state index contributed by atoms with van der Waals surface area (Å²) in [7, 11) is 0. The number of ether oxygens (including phenoxy) is 1. The quantitative estimate of drug-likeness (QED) is 0.616. The molecule has 0 atom stereocenters. The van der Waals surface area contributed by atoms with Gasteiger partial charge in [-0.05, 0) is 23.8 Å². The van der Waals surface area contributed by atoms with Gasteiger partial charge in [-0.25, -0.2) is 0 Å².